The van der Waals surface area contributed by atoms with E-state index in [0.717, 1.165) is 25.9 Å². The van der Waals surface area contributed by atoms with E-state index < -0.39 is 0 Å². The molecule has 4 heteroatoms. The number of rotatable bonds is 4. The van der Waals surface area contributed by atoms with Crippen LogP contribution in [0.1, 0.15) is 26.7 Å². The van der Waals surface area contributed by atoms with Gasteiger partial charge < -0.3 is 15.1 Å². The average Bonchev–Trinajstić information content (AvgIpc) is 2.43. The van der Waals surface area contributed by atoms with Crippen LogP contribution in [0.25, 0.3) is 0 Å². The van der Waals surface area contributed by atoms with Crippen molar-refractivity contribution >= 4 is 11.6 Å². The van der Waals surface area contributed by atoms with Gasteiger partial charge in [-0.15, -0.1) is 0 Å². The summed E-state index contributed by atoms with van der Waals surface area (Å²) in [6, 6.07) is 10.4. The molecule has 0 aliphatic carbocycles. The third-order valence-electron chi connectivity index (χ3n) is 4.27. The highest BCUT2D eigenvalue weighted by Gasteiger charge is 2.35. The van der Waals surface area contributed by atoms with Crippen LogP contribution in [0.5, 0.6) is 0 Å². The number of carbonyl (C=O) groups is 1. The fourth-order valence-electron chi connectivity index (χ4n) is 2.76. The van der Waals surface area contributed by atoms with Crippen molar-refractivity contribution in [1.29, 1.82) is 0 Å². The lowest BCUT2D eigenvalue weighted by atomic mass is 9.87. The molecule has 1 aliphatic heterocycles. The fourth-order valence-corrected chi connectivity index (χ4v) is 2.76. The number of para-hydroxylation sites is 1. The van der Waals surface area contributed by atoms with Crippen molar-refractivity contribution in [2.24, 2.45) is 0 Å². The van der Waals surface area contributed by atoms with Gasteiger partial charge in [-0.2, -0.15) is 0 Å². The molecule has 0 spiro atoms. The summed E-state index contributed by atoms with van der Waals surface area (Å²) < 4.78 is 0. The standard InChI is InChI=1S/C16H25N3O/c1-14(20)17-13-19(15-7-5-4-6-8-15)16(2)9-11-18(3)12-10-16/h4-8H,9-13H2,1-3H3,(H,17,20). The van der Waals surface area contributed by atoms with Crippen LogP contribution >= 0.6 is 0 Å². The number of hydrogen-bond acceptors (Lipinski definition) is 3. The average molecular weight is 275 g/mol. The summed E-state index contributed by atoms with van der Waals surface area (Å²) in [5.41, 5.74) is 1.27. The predicted molar refractivity (Wildman–Crippen MR) is 82.7 cm³/mol. The topological polar surface area (TPSA) is 35.6 Å². The van der Waals surface area contributed by atoms with Crippen molar-refractivity contribution in [1.82, 2.24) is 10.2 Å². The van der Waals surface area contributed by atoms with Gasteiger partial charge in [0.15, 0.2) is 0 Å². The maximum Gasteiger partial charge on any atom is 0.218 e. The molecule has 1 aliphatic rings. The second kappa shape index (κ2) is 6.27. The van der Waals surface area contributed by atoms with Gasteiger partial charge in [-0.05, 0) is 38.9 Å². The van der Waals surface area contributed by atoms with Crippen LogP contribution in [-0.4, -0.2) is 43.2 Å². The Balaban J connectivity index is 2.19. The summed E-state index contributed by atoms with van der Waals surface area (Å²) in [6.07, 6.45) is 2.22. The van der Waals surface area contributed by atoms with Crippen LogP contribution in [0.2, 0.25) is 0 Å². The molecule has 0 bridgehead atoms. The number of likely N-dealkylation sites (tertiary alicyclic amines) is 1. The number of amides is 1. The van der Waals surface area contributed by atoms with Crippen LogP contribution in [-0.2, 0) is 4.79 Å². The monoisotopic (exact) mass is 275 g/mol. The lowest BCUT2D eigenvalue weighted by Crippen LogP contribution is -2.56. The molecule has 20 heavy (non-hydrogen) atoms. The van der Waals surface area contributed by atoms with Crippen molar-refractivity contribution in [2.75, 3.05) is 31.7 Å². The van der Waals surface area contributed by atoms with Crippen LogP contribution in [0.4, 0.5) is 5.69 Å². The summed E-state index contributed by atoms with van der Waals surface area (Å²) in [5, 5.41) is 2.95. The summed E-state index contributed by atoms with van der Waals surface area (Å²) in [6.45, 7) is 6.63. The van der Waals surface area contributed by atoms with Crippen LogP contribution in [0.15, 0.2) is 30.3 Å². The first kappa shape index (κ1) is 14.9. The summed E-state index contributed by atoms with van der Waals surface area (Å²) >= 11 is 0. The Hall–Kier alpha value is -1.55. The number of benzene rings is 1. The van der Waals surface area contributed by atoms with Crippen molar-refractivity contribution < 1.29 is 4.79 Å². The van der Waals surface area contributed by atoms with Gasteiger partial charge in [0.05, 0.1) is 6.67 Å². The zero-order valence-corrected chi connectivity index (χ0v) is 12.7. The molecule has 1 aromatic rings. The Kier molecular flexibility index (Phi) is 4.65. The number of nitrogens with zero attached hydrogens (tertiary/aromatic N) is 2. The third-order valence-corrected chi connectivity index (χ3v) is 4.27. The highest BCUT2D eigenvalue weighted by Crippen LogP contribution is 2.31. The molecule has 1 fully saturated rings. The first-order chi connectivity index (χ1) is 9.51. The number of nitrogens with one attached hydrogen (secondary N) is 1. The molecule has 1 aromatic carbocycles. The first-order valence-electron chi connectivity index (χ1n) is 7.27. The van der Waals surface area contributed by atoms with E-state index in [0.29, 0.717) is 6.67 Å². The molecule has 4 nitrogen and oxygen atoms in total. The number of piperidine rings is 1. The number of carbonyl (C=O) groups excluding carboxylic acids is 1. The maximum absolute atomic E-state index is 11.3. The Morgan fingerprint density at radius 3 is 2.45 bits per heavy atom. The molecule has 2 rings (SSSR count). The molecule has 0 radical (unpaired) electrons. The minimum atomic E-state index is 0.0162. The second-order valence-corrected chi connectivity index (χ2v) is 5.95. The second-order valence-electron chi connectivity index (χ2n) is 5.95. The minimum absolute atomic E-state index is 0.0162. The molecule has 0 saturated carbocycles. The first-order valence-corrected chi connectivity index (χ1v) is 7.27. The molecule has 1 heterocycles. The number of anilines is 1. The van der Waals surface area contributed by atoms with Gasteiger partial charge in [-0.3, -0.25) is 4.79 Å². The zero-order chi connectivity index (χ0) is 14.6. The van der Waals surface area contributed by atoms with Gasteiger partial charge in [-0.25, -0.2) is 0 Å². The van der Waals surface area contributed by atoms with Gasteiger partial charge in [0, 0.05) is 31.2 Å². The Morgan fingerprint density at radius 2 is 1.90 bits per heavy atom. The molecular weight excluding hydrogens is 250 g/mol. The van der Waals surface area contributed by atoms with Crippen molar-refractivity contribution in [3.8, 4) is 0 Å². The molecule has 1 amide bonds. The van der Waals surface area contributed by atoms with E-state index in [1.807, 2.05) is 6.07 Å². The van der Waals surface area contributed by atoms with E-state index in [1.165, 1.54) is 5.69 Å². The summed E-state index contributed by atoms with van der Waals surface area (Å²) in [5.74, 6) is 0.0162. The van der Waals surface area contributed by atoms with Gasteiger partial charge in [-0.1, -0.05) is 18.2 Å². The Bertz CT molecular complexity index is 438. The van der Waals surface area contributed by atoms with Crippen molar-refractivity contribution in [3.63, 3.8) is 0 Å². The predicted octanol–water partition coefficient (Wildman–Crippen LogP) is 2.07. The van der Waals surface area contributed by atoms with E-state index in [-0.39, 0.29) is 11.4 Å². The third kappa shape index (κ3) is 3.51. The lowest BCUT2D eigenvalue weighted by Gasteiger charge is -2.47. The quantitative estimate of drug-likeness (QED) is 0.855. The van der Waals surface area contributed by atoms with E-state index in [9.17, 15) is 4.79 Å². The normalized spacial score (nSPS) is 18.6. The number of hydrogen-bond donors (Lipinski definition) is 1. The Morgan fingerprint density at radius 1 is 1.30 bits per heavy atom. The maximum atomic E-state index is 11.3. The van der Waals surface area contributed by atoms with Gasteiger partial charge in [0.1, 0.15) is 0 Å². The van der Waals surface area contributed by atoms with Crippen LogP contribution < -0.4 is 10.2 Å². The smallest absolute Gasteiger partial charge is 0.218 e. The largest absolute Gasteiger partial charge is 0.348 e. The van der Waals surface area contributed by atoms with Crippen molar-refractivity contribution in [3.05, 3.63) is 30.3 Å². The highest BCUT2D eigenvalue weighted by atomic mass is 16.1. The van der Waals surface area contributed by atoms with E-state index >= 15 is 0 Å². The Labute approximate surface area is 121 Å². The summed E-state index contributed by atoms with van der Waals surface area (Å²) in [7, 11) is 2.17. The molecule has 1 N–H and O–H groups in total. The molecule has 0 atom stereocenters. The fraction of sp³-hybridized carbons (Fsp3) is 0.562. The van der Waals surface area contributed by atoms with E-state index in [4.69, 9.17) is 0 Å². The summed E-state index contributed by atoms with van der Waals surface area (Å²) in [4.78, 5) is 16.0. The molecular formula is C16H25N3O. The molecule has 0 unspecified atom stereocenters. The van der Waals surface area contributed by atoms with E-state index in [2.05, 4.69) is 53.4 Å². The molecule has 110 valence electrons. The zero-order valence-electron chi connectivity index (χ0n) is 12.7. The molecule has 0 aromatic heterocycles. The molecule has 1 saturated heterocycles. The van der Waals surface area contributed by atoms with Crippen LogP contribution in [0, 0.1) is 0 Å². The van der Waals surface area contributed by atoms with Gasteiger partial charge in [0.2, 0.25) is 5.91 Å². The SMILES string of the molecule is CC(=O)NCN(c1ccccc1)C1(C)CCN(C)CC1. The van der Waals surface area contributed by atoms with Crippen LogP contribution in [0.3, 0.4) is 0 Å². The lowest BCUT2D eigenvalue weighted by molar-refractivity contribution is -0.119. The van der Waals surface area contributed by atoms with Gasteiger partial charge in [0.25, 0.3) is 0 Å². The highest BCUT2D eigenvalue weighted by molar-refractivity contribution is 5.73. The van der Waals surface area contributed by atoms with E-state index in [1.54, 1.807) is 6.92 Å². The minimum Gasteiger partial charge on any atom is -0.348 e. The van der Waals surface area contributed by atoms with Gasteiger partial charge >= 0.3 is 0 Å². The van der Waals surface area contributed by atoms with Crippen molar-refractivity contribution in [2.45, 2.75) is 32.2 Å².